The molecule has 4 atom stereocenters. The van der Waals surface area contributed by atoms with Gasteiger partial charge in [0.1, 0.15) is 17.5 Å². The van der Waals surface area contributed by atoms with Crippen molar-refractivity contribution in [2.75, 3.05) is 22.2 Å². The number of nitro benzene ring substituents is 2. The van der Waals surface area contributed by atoms with Gasteiger partial charge in [-0.05, 0) is 29.8 Å². The molecule has 3 heterocycles. The van der Waals surface area contributed by atoms with E-state index in [-0.39, 0.29) is 28.5 Å². The number of para-hydroxylation sites is 1. The smallest absolute Gasteiger partial charge is 0.271 e. The maximum Gasteiger partial charge on any atom is 0.271 e. The molecule has 0 aliphatic carbocycles. The minimum Gasteiger partial charge on any atom is -0.495 e. The molecule has 2 fully saturated rings. The maximum absolute atomic E-state index is 14.1. The summed E-state index contributed by atoms with van der Waals surface area (Å²) in [6, 6.07) is 14.3. The molecule has 0 aromatic heterocycles. The number of nitrogens with one attached hydrogen (secondary N) is 1. The first kappa shape index (κ1) is 25.7. The summed E-state index contributed by atoms with van der Waals surface area (Å²) in [5, 5.41) is 25.3. The van der Waals surface area contributed by atoms with E-state index < -0.39 is 51.5 Å². The topological polar surface area (TPSA) is 165 Å². The average Bonchev–Trinajstić information content (AvgIpc) is 3.45. The van der Waals surface area contributed by atoms with Crippen molar-refractivity contribution in [1.29, 1.82) is 0 Å². The monoisotopic (exact) mass is 555 g/mol. The molecule has 3 aliphatic rings. The Morgan fingerprint density at radius 1 is 0.878 bits per heavy atom. The van der Waals surface area contributed by atoms with E-state index in [1.165, 1.54) is 43.5 Å². The van der Waals surface area contributed by atoms with Crippen LogP contribution in [0.15, 0.2) is 72.8 Å². The molecule has 2 saturated heterocycles. The molecule has 3 aliphatic heterocycles. The fraction of sp³-hybridized carbons (Fsp3) is 0.179. The van der Waals surface area contributed by atoms with Crippen LogP contribution in [0.25, 0.3) is 6.08 Å². The zero-order valence-corrected chi connectivity index (χ0v) is 21.4. The molecular weight excluding hydrogens is 534 g/mol. The summed E-state index contributed by atoms with van der Waals surface area (Å²) in [5.74, 6) is -3.90. The lowest BCUT2D eigenvalue weighted by molar-refractivity contribution is -0.385. The van der Waals surface area contributed by atoms with Gasteiger partial charge in [0.2, 0.25) is 17.7 Å². The van der Waals surface area contributed by atoms with Crippen molar-refractivity contribution in [3.05, 3.63) is 98.6 Å². The number of methoxy groups -OCH3 is 1. The predicted octanol–water partition coefficient (Wildman–Crippen LogP) is 3.54. The molecule has 3 amide bonds. The average molecular weight is 556 g/mol. The van der Waals surface area contributed by atoms with E-state index in [0.29, 0.717) is 5.69 Å². The van der Waals surface area contributed by atoms with Crippen LogP contribution in [-0.4, -0.2) is 46.8 Å². The molecule has 13 heteroatoms. The Hall–Kier alpha value is -5.59. The van der Waals surface area contributed by atoms with Gasteiger partial charge in [0.25, 0.3) is 11.4 Å². The first-order chi connectivity index (χ1) is 19.7. The summed E-state index contributed by atoms with van der Waals surface area (Å²) < 4.78 is 5.32. The van der Waals surface area contributed by atoms with Crippen molar-refractivity contribution < 1.29 is 29.0 Å². The van der Waals surface area contributed by atoms with Crippen molar-refractivity contribution in [1.82, 2.24) is 0 Å². The summed E-state index contributed by atoms with van der Waals surface area (Å²) >= 11 is 0. The number of anilines is 3. The number of hydrogen-bond donors (Lipinski definition) is 1. The fourth-order valence-electron chi connectivity index (χ4n) is 5.90. The quantitative estimate of drug-likeness (QED) is 0.272. The van der Waals surface area contributed by atoms with Crippen LogP contribution >= 0.6 is 0 Å². The van der Waals surface area contributed by atoms with E-state index >= 15 is 0 Å². The standard InChI is InChI=1S/C28H21N5O8/c1-41-22-13-11-18(33(39)40)14-21(22)31-27(35)23-20-12-6-15-4-2-3-5-19(15)30(20)25(24(23)28(31)36)26(34)29-16-7-9-17(10-8-16)32(37)38/h2-14,20,23-25H,1H3,(H,29,34)/t20-,23-,24-,25-/m0/s1. The van der Waals surface area contributed by atoms with Crippen molar-refractivity contribution in [2.24, 2.45) is 11.8 Å². The number of nitrogens with zero attached hydrogens (tertiary/aromatic N) is 4. The van der Waals surface area contributed by atoms with Gasteiger partial charge in [-0.2, -0.15) is 0 Å². The minimum atomic E-state index is -1.14. The van der Waals surface area contributed by atoms with Crippen LogP contribution < -0.4 is 19.9 Å². The Balaban J connectivity index is 1.43. The molecular formula is C28H21N5O8. The molecule has 0 saturated carbocycles. The molecule has 0 spiro atoms. The largest absolute Gasteiger partial charge is 0.495 e. The van der Waals surface area contributed by atoms with Crippen LogP contribution in [0.1, 0.15) is 5.56 Å². The number of nitro groups is 2. The van der Waals surface area contributed by atoms with Crippen LogP contribution in [0.5, 0.6) is 5.75 Å². The SMILES string of the molecule is COc1ccc([N+](=O)[O-])cc1N1C(=O)[C@@H]2[C@H](C1=O)[C@@H](C(=O)Nc1ccc([N+](=O)[O-])cc1)N1c3ccccc3C=C[C@@H]21. The first-order valence-corrected chi connectivity index (χ1v) is 12.5. The lowest BCUT2D eigenvalue weighted by Gasteiger charge is -2.36. The van der Waals surface area contributed by atoms with E-state index in [2.05, 4.69) is 5.32 Å². The highest BCUT2D eigenvalue weighted by Gasteiger charge is 2.64. The van der Waals surface area contributed by atoms with Crippen molar-refractivity contribution in [3.63, 3.8) is 0 Å². The van der Waals surface area contributed by atoms with E-state index in [1.807, 2.05) is 18.2 Å². The Morgan fingerprint density at radius 2 is 1.54 bits per heavy atom. The third kappa shape index (κ3) is 3.97. The molecule has 1 N–H and O–H groups in total. The van der Waals surface area contributed by atoms with Gasteiger partial charge in [-0.15, -0.1) is 0 Å². The molecule has 0 radical (unpaired) electrons. The van der Waals surface area contributed by atoms with Gasteiger partial charge in [0.15, 0.2) is 0 Å². The summed E-state index contributed by atoms with van der Waals surface area (Å²) in [7, 11) is 1.32. The number of imide groups is 1. The molecule has 0 bridgehead atoms. The number of benzene rings is 3. The number of carbonyl (C=O) groups excluding carboxylic acids is 3. The van der Waals surface area contributed by atoms with Gasteiger partial charge in [0, 0.05) is 35.6 Å². The van der Waals surface area contributed by atoms with Crippen LogP contribution in [0, 0.1) is 32.1 Å². The highest BCUT2D eigenvalue weighted by atomic mass is 16.6. The lowest BCUT2D eigenvalue weighted by atomic mass is 9.88. The Morgan fingerprint density at radius 3 is 2.22 bits per heavy atom. The fourth-order valence-corrected chi connectivity index (χ4v) is 5.90. The molecule has 206 valence electrons. The van der Waals surface area contributed by atoms with E-state index in [1.54, 1.807) is 23.1 Å². The van der Waals surface area contributed by atoms with E-state index in [9.17, 15) is 34.6 Å². The van der Waals surface area contributed by atoms with Crippen LogP contribution in [-0.2, 0) is 14.4 Å². The molecule has 3 aromatic carbocycles. The third-order valence-corrected chi connectivity index (χ3v) is 7.64. The lowest BCUT2D eigenvalue weighted by Crippen LogP contribution is -2.50. The number of carbonyl (C=O) groups is 3. The second kappa shape index (κ2) is 9.55. The number of amides is 3. The number of hydrogen-bond acceptors (Lipinski definition) is 9. The highest BCUT2D eigenvalue weighted by molar-refractivity contribution is 6.26. The van der Waals surface area contributed by atoms with E-state index in [4.69, 9.17) is 4.74 Å². The second-order valence-corrected chi connectivity index (χ2v) is 9.73. The summed E-state index contributed by atoms with van der Waals surface area (Å²) in [4.78, 5) is 65.9. The Labute approximate surface area is 231 Å². The van der Waals surface area contributed by atoms with Crippen molar-refractivity contribution in [2.45, 2.75) is 12.1 Å². The number of rotatable bonds is 6. The maximum atomic E-state index is 14.1. The van der Waals surface area contributed by atoms with Crippen LogP contribution in [0.3, 0.4) is 0 Å². The minimum absolute atomic E-state index is 0.0765. The molecule has 41 heavy (non-hydrogen) atoms. The van der Waals surface area contributed by atoms with Gasteiger partial charge < -0.3 is 15.0 Å². The predicted molar refractivity (Wildman–Crippen MR) is 146 cm³/mol. The van der Waals surface area contributed by atoms with Crippen molar-refractivity contribution in [3.8, 4) is 5.75 Å². The summed E-state index contributed by atoms with van der Waals surface area (Å²) in [5.41, 5.74) is 1.17. The van der Waals surface area contributed by atoms with Gasteiger partial charge >= 0.3 is 0 Å². The third-order valence-electron chi connectivity index (χ3n) is 7.64. The highest BCUT2D eigenvalue weighted by Crippen LogP contribution is 2.50. The Kier molecular flexibility index (Phi) is 5.98. The second-order valence-electron chi connectivity index (χ2n) is 9.73. The van der Waals surface area contributed by atoms with Crippen molar-refractivity contribution >= 4 is 52.2 Å². The number of non-ortho nitro benzene ring substituents is 2. The van der Waals surface area contributed by atoms with Crippen LogP contribution in [0.2, 0.25) is 0 Å². The molecule has 0 unspecified atom stereocenters. The zero-order chi connectivity index (χ0) is 29.0. The normalized spacial score (nSPS) is 22.2. The number of fused-ring (bicyclic) bond motifs is 5. The summed E-state index contributed by atoms with van der Waals surface area (Å²) in [6.07, 6.45) is 3.61. The van der Waals surface area contributed by atoms with Gasteiger partial charge in [0.05, 0.1) is 34.8 Å². The molecule has 3 aromatic rings. The molecule has 6 rings (SSSR count). The van der Waals surface area contributed by atoms with E-state index in [0.717, 1.165) is 16.5 Å². The van der Waals surface area contributed by atoms with Crippen LogP contribution in [0.4, 0.5) is 28.4 Å². The van der Waals surface area contributed by atoms with Gasteiger partial charge in [-0.3, -0.25) is 34.6 Å². The Bertz CT molecular complexity index is 1670. The first-order valence-electron chi connectivity index (χ1n) is 12.5. The zero-order valence-electron chi connectivity index (χ0n) is 21.4. The molecule has 13 nitrogen and oxygen atoms in total. The number of ether oxygens (including phenoxy) is 1. The summed E-state index contributed by atoms with van der Waals surface area (Å²) in [6.45, 7) is 0. The van der Waals surface area contributed by atoms with Gasteiger partial charge in [-0.25, -0.2) is 4.90 Å². The van der Waals surface area contributed by atoms with Gasteiger partial charge in [-0.1, -0.05) is 30.4 Å².